The van der Waals surface area contributed by atoms with Crippen molar-refractivity contribution in [3.63, 3.8) is 0 Å². The van der Waals surface area contributed by atoms with Crippen LogP contribution in [0.2, 0.25) is 0 Å². The smallest absolute Gasteiger partial charge is 0.410 e. The van der Waals surface area contributed by atoms with Crippen LogP contribution < -0.4 is 5.32 Å². The zero-order valence-electron chi connectivity index (χ0n) is 15.0. The Morgan fingerprint density at radius 2 is 2.04 bits per heavy atom. The van der Waals surface area contributed by atoms with Crippen LogP contribution in [0.4, 0.5) is 4.79 Å². The third-order valence-corrected chi connectivity index (χ3v) is 5.59. The van der Waals surface area contributed by atoms with E-state index in [0.717, 1.165) is 43.7 Å². The number of nitrogens with zero attached hydrogens (tertiary/aromatic N) is 1. The van der Waals surface area contributed by atoms with Crippen LogP contribution >= 0.6 is 0 Å². The van der Waals surface area contributed by atoms with Crippen molar-refractivity contribution in [2.24, 2.45) is 17.8 Å². The van der Waals surface area contributed by atoms with Crippen molar-refractivity contribution in [3.05, 3.63) is 12.2 Å². The molecule has 3 aliphatic rings. The maximum atomic E-state index is 12.3. The molecule has 23 heavy (non-hydrogen) atoms. The quantitative estimate of drug-likeness (QED) is 0.808. The summed E-state index contributed by atoms with van der Waals surface area (Å²) in [5.41, 5.74) is -0.415. The van der Waals surface area contributed by atoms with Gasteiger partial charge in [0.2, 0.25) is 0 Å². The molecule has 0 aromatic heterocycles. The molecule has 5 atom stereocenters. The second-order valence-electron chi connectivity index (χ2n) is 8.69. The van der Waals surface area contributed by atoms with Gasteiger partial charge in [0.05, 0.1) is 0 Å². The normalized spacial score (nSPS) is 36.5. The fourth-order valence-corrected chi connectivity index (χ4v) is 4.40. The standard InChI is InChI=1S/C19H32N2O2/c1-13-9-17(7-8-21(13)18(22)23-19(2,3)4)20-12-16-11-14-5-6-15(16)10-14/h5-6,13-17,20H,7-12H2,1-4H3. The van der Waals surface area contributed by atoms with Crippen LogP contribution in [-0.4, -0.2) is 41.8 Å². The number of carbonyl (C=O) groups is 1. The molecular weight excluding hydrogens is 288 g/mol. The second-order valence-corrected chi connectivity index (χ2v) is 8.69. The van der Waals surface area contributed by atoms with Gasteiger partial charge in [-0.05, 0) is 77.7 Å². The Balaban J connectivity index is 1.43. The van der Waals surface area contributed by atoms with E-state index < -0.39 is 5.60 Å². The third kappa shape index (κ3) is 4.09. The van der Waals surface area contributed by atoms with E-state index in [-0.39, 0.29) is 12.1 Å². The average Bonchev–Trinajstić information content (AvgIpc) is 3.05. The number of hydrogen-bond acceptors (Lipinski definition) is 3. The van der Waals surface area contributed by atoms with E-state index >= 15 is 0 Å². The van der Waals surface area contributed by atoms with E-state index in [1.165, 1.54) is 12.8 Å². The molecule has 1 heterocycles. The monoisotopic (exact) mass is 320 g/mol. The first-order valence-electron chi connectivity index (χ1n) is 9.23. The number of nitrogens with one attached hydrogen (secondary N) is 1. The molecule has 130 valence electrons. The Bertz CT molecular complexity index is 468. The van der Waals surface area contributed by atoms with Crippen molar-refractivity contribution in [3.8, 4) is 0 Å². The SMILES string of the molecule is CC1CC(NCC2CC3C=CC2C3)CCN1C(=O)OC(C)(C)C. The molecule has 2 bridgehead atoms. The Morgan fingerprint density at radius 1 is 1.26 bits per heavy atom. The molecule has 1 N–H and O–H groups in total. The van der Waals surface area contributed by atoms with Gasteiger partial charge in [0, 0.05) is 18.6 Å². The van der Waals surface area contributed by atoms with Crippen LogP contribution in [0.1, 0.15) is 53.4 Å². The van der Waals surface area contributed by atoms with E-state index in [2.05, 4.69) is 24.4 Å². The van der Waals surface area contributed by atoms with Gasteiger partial charge >= 0.3 is 6.09 Å². The van der Waals surface area contributed by atoms with Crippen LogP contribution in [0.15, 0.2) is 12.2 Å². The molecule has 2 aliphatic carbocycles. The van der Waals surface area contributed by atoms with Crippen LogP contribution in [-0.2, 0) is 4.74 Å². The van der Waals surface area contributed by atoms with Gasteiger partial charge in [0.1, 0.15) is 5.60 Å². The lowest BCUT2D eigenvalue weighted by atomic mass is 9.92. The van der Waals surface area contributed by atoms with Crippen LogP contribution in [0, 0.1) is 17.8 Å². The van der Waals surface area contributed by atoms with Crippen molar-refractivity contribution in [2.45, 2.75) is 71.1 Å². The summed E-state index contributed by atoms with van der Waals surface area (Å²) < 4.78 is 5.52. The topological polar surface area (TPSA) is 41.6 Å². The van der Waals surface area contributed by atoms with Crippen LogP contribution in [0.5, 0.6) is 0 Å². The zero-order chi connectivity index (χ0) is 16.6. The highest BCUT2D eigenvalue weighted by Crippen LogP contribution is 2.43. The number of piperidine rings is 1. The number of carbonyl (C=O) groups excluding carboxylic acids is 1. The molecule has 0 radical (unpaired) electrons. The van der Waals surface area contributed by atoms with E-state index in [1.807, 2.05) is 25.7 Å². The maximum Gasteiger partial charge on any atom is 0.410 e. The van der Waals surface area contributed by atoms with E-state index in [1.54, 1.807) is 0 Å². The minimum atomic E-state index is -0.415. The molecule has 1 saturated heterocycles. The largest absolute Gasteiger partial charge is 0.444 e. The Morgan fingerprint density at radius 3 is 2.61 bits per heavy atom. The van der Waals surface area contributed by atoms with Gasteiger partial charge in [-0.1, -0.05) is 12.2 Å². The summed E-state index contributed by atoms with van der Waals surface area (Å²) in [6, 6.07) is 0.780. The first-order valence-corrected chi connectivity index (χ1v) is 9.23. The fourth-order valence-electron chi connectivity index (χ4n) is 4.40. The molecule has 0 spiro atoms. The summed E-state index contributed by atoms with van der Waals surface area (Å²) >= 11 is 0. The van der Waals surface area contributed by atoms with Crippen molar-refractivity contribution in [2.75, 3.05) is 13.1 Å². The summed E-state index contributed by atoms with van der Waals surface area (Å²) in [4.78, 5) is 14.2. The lowest BCUT2D eigenvalue weighted by molar-refractivity contribution is 0.00923. The van der Waals surface area contributed by atoms with Gasteiger partial charge in [-0.3, -0.25) is 0 Å². The second kappa shape index (κ2) is 6.46. The summed E-state index contributed by atoms with van der Waals surface area (Å²) in [5.74, 6) is 2.48. The number of ether oxygens (including phenoxy) is 1. The number of fused-ring (bicyclic) bond motifs is 2. The Kier molecular flexibility index (Phi) is 4.73. The van der Waals surface area contributed by atoms with Crippen molar-refractivity contribution in [1.29, 1.82) is 0 Å². The van der Waals surface area contributed by atoms with E-state index in [4.69, 9.17) is 4.74 Å². The van der Waals surface area contributed by atoms with Crippen molar-refractivity contribution in [1.82, 2.24) is 10.2 Å². The number of likely N-dealkylation sites (tertiary alicyclic amines) is 1. The molecule has 0 aromatic rings. The van der Waals surface area contributed by atoms with Crippen molar-refractivity contribution < 1.29 is 9.53 Å². The summed E-state index contributed by atoms with van der Waals surface area (Å²) in [6.07, 6.45) is 9.45. The van der Waals surface area contributed by atoms with E-state index in [0.29, 0.717) is 6.04 Å². The number of allylic oxidation sites excluding steroid dienone is 2. The molecule has 4 heteroatoms. The maximum absolute atomic E-state index is 12.3. The molecule has 4 nitrogen and oxygen atoms in total. The summed E-state index contributed by atoms with van der Waals surface area (Å²) in [7, 11) is 0. The van der Waals surface area contributed by atoms with Gasteiger partial charge < -0.3 is 15.0 Å². The molecule has 1 saturated carbocycles. The fraction of sp³-hybridized carbons (Fsp3) is 0.842. The van der Waals surface area contributed by atoms with E-state index in [9.17, 15) is 4.79 Å². The summed E-state index contributed by atoms with van der Waals surface area (Å²) in [6.45, 7) is 9.84. The predicted octanol–water partition coefficient (Wildman–Crippen LogP) is 3.58. The lowest BCUT2D eigenvalue weighted by Gasteiger charge is -2.39. The predicted molar refractivity (Wildman–Crippen MR) is 92.3 cm³/mol. The lowest BCUT2D eigenvalue weighted by Crippen LogP contribution is -2.51. The molecule has 1 aliphatic heterocycles. The first-order chi connectivity index (χ1) is 10.8. The number of rotatable bonds is 3. The highest BCUT2D eigenvalue weighted by molar-refractivity contribution is 5.68. The molecular formula is C19H32N2O2. The van der Waals surface area contributed by atoms with Gasteiger partial charge in [0.15, 0.2) is 0 Å². The molecule has 2 fully saturated rings. The number of hydrogen-bond donors (Lipinski definition) is 1. The minimum Gasteiger partial charge on any atom is -0.444 e. The molecule has 3 rings (SSSR count). The van der Waals surface area contributed by atoms with Gasteiger partial charge in [0.25, 0.3) is 0 Å². The highest BCUT2D eigenvalue weighted by Gasteiger charge is 2.36. The molecule has 5 unspecified atom stereocenters. The first kappa shape index (κ1) is 16.8. The average molecular weight is 320 g/mol. The molecule has 1 amide bonds. The Labute approximate surface area is 140 Å². The summed E-state index contributed by atoms with van der Waals surface area (Å²) in [5, 5.41) is 3.77. The van der Waals surface area contributed by atoms with Gasteiger partial charge in [-0.25, -0.2) is 4.79 Å². The van der Waals surface area contributed by atoms with Gasteiger partial charge in [-0.15, -0.1) is 0 Å². The van der Waals surface area contributed by atoms with Crippen molar-refractivity contribution >= 4 is 6.09 Å². The zero-order valence-corrected chi connectivity index (χ0v) is 15.0. The highest BCUT2D eigenvalue weighted by atomic mass is 16.6. The third-order valence-electron chi connectivity index (χ3n) is 5.59. The Hall–Kier alpha value is -1.03. The minimum absolute atomic E-state index is 0.165. The van der Waals surface area contributed by atoms with Gasteiger partial charge in [-0.2, -0.15) is 0 Å². The number of amides is 1. The van der Waals surface area contributed by atoms with Crippen LogP contribution in [0.3, 0.4) is 0 Å². The molecule has 0 aromatic carbocycles. The van der Waals surface area contributed by atoms with Crippen LogP contribution in [0.25, 0.3) is 0 Å².